The van der Waals surface area contributed by atoms with Crippen molar-refractivity contribution in [2.24, 2.45) is 0 Å². The van der Waals surface area contributed by atoms with Crippen molar-refractivity contribution in [1.29, 1.82) is 0 Å². The lowest BCUT2D eigenvalue weighted by Gasteiger charge is -2.30. The van der Waals surface area contributed by atoms with E-state index in [9.17, 15) is 0 Å². The maximum absolute atomic E-state index is 2.47. The second-order valence-corrected chi connectivity index (χ2v) is 19.6. The van der Waals surface area contributed by atoms with E-state index in [1.807, 2.05) is 0 Å². The molecule has 0 aliphatic heterocycles. The SMILES string of the molecule is Cc1ccc(P(c2ccc(C)cc2)c2c(C3CCCCC3)sc(C3CCCCC3)c2P(c2ccc(C)cc2)c2ccc(C)cc2)cc1. The summed E-state index contributed by atoms with van der Waals surface area (Å²) in [6.07, 6.45) is 13.6. The average Bonchev–Trinajstić information content (AvgIpc) is 3.48. The number of thiophene rings is 1. The maximum atomic E-state index is 2.47. The summed E-state index contributed by atoms with van der Waals surface area (Å²) >= 11 is 2.28. The Kier molecular flexibility index (Phi) is 10.5. The van der Waals surface area contributed by atoms with E-state index in [0.717, 1.165) is 0 Å². The number of benzene rings is 4. The van der Waals surface area contributed by atoms with Gasteiger partial charge in [-0.1, -0.05) is 158 Å². The van der Waals surface area contributed by atoms with E-state index in [1.54, 1.807) is 20.4 Å². The Morgan fingerprint density at radius 2 is 0.638 bits per heavy atom. The van der Waals surface area contributed by atoms with Crippen molar-refractivity contribution in [3.63, 3.8) is 0 Å². The molecule has 0 saturated heterocycles. The normalized spacial score (nSPS) is 16.3. The monoisotopic (exact) mass is 672 g/mol. The van der Waals surface area contributed by atoms with Crippen LogP contribution >= 0.6 is 27.2 Å². The first-order valence-corrected chi connectivity index (χ1v) is 21.5. The molecule has 7 rings (SSSR count). The van der Waals surface area contributed by atoms with Crippen LogP contribution in [0.1, 0.15) is 108 Å². The summed E-state index contributed by atoms with van der Waals surface area (Å²) in [6.45, 7) is 8.93. The molecular weight excluding hydrogens is 622 g/mol. The van der Waals surface area contributed by atoms with Gasteiger partial charge in [0.2, 0.25) is 0 Å². The number of hydrogen-bond acceptors (Lipinski definition) is 1. The van der Waals surface area contributed by atoms with Crippen LogP contribution in [0.2, 0.25) is 0 Å². The molecule has 47 heavy (non-hydrogen) atoms. The van der Waals surface area contributed by atoms with Crippen LogP contribution in [0.4, 0.5) is 0 Å². The van der Waals surface area contributed by atoms with Gasteiger partial charge < -0.3 is 0 Å². The molecule has 0 spiro atoms. The Morgan fingerprint density at radius 3 is 0.894 bits per heavy atom. The third kappa shape index (κ3) is 7.25. The third-order valence-corrected chi connectivity index (χ3v) is 17.6. The summed E-state index contributed by atoms with van der Waals surface area (Å²) in [6, 6.07) is 38.6. The van der Waals surface area contributed by atoms with E-state index < -0.39 is 15.8 Å². The summed E-state index contributed by atoms with van der Waals surface area (Å²) in [4.78, 5) is 3.50. The third-order valence-electron chi connectivity index (χ3n) is 10.5. The van der Waals surface area contributed by atoms with Crippen molar-refractivity contribution in [3.05, 3.63) is 129 Å². The van der Waals surface area contributed by atoms with Gasteiger partial charge in [-0.15, -0.1) is 11.3 Å². The Balaban J connectivity index is 1.58. The van der Waals surface area contributed by atoms with Crippen molar-refractivity contribution in [3.8, 4) is 0 Å². The Bertz CT molecular complexity index is 1530. The van der Waals surface area contributed by atoms with Crippen molar-refractivity contribution in [2.75, 3.05) is 0 Å². The van der Waals surface area contributed by atoms with Crippen LogP contribution in [0.25, 0.3) is 0 Å². The predicted molar refractivity (Wildman–Crippen MR) is 212 cm³/mol. The van der Waals surface area contributed by atoms with Crippen LogP contribution in [-0.2, 0) is 0 Å². The summed E-state index contributed by atoms with van der Waals surface area (Å²) in [5, 5.41) is 9.48. The lowest BCUT2D eigenvalue weighted by molar-refractivity contribution is 0.448. The number of aryl methyl sites for hydroxylation is 4. The largest absolute Gasteiger partial charge is 0.143 e. The van der Waals surface area contributed by atoms with Crippen LogP contribution < -0.4 is 31.8 Å². The number of rotatable bonds is 8. The topological polar surface area (TPSA) is 0 Å². The van der Waals surface area contributed by atoms with E-state index in [0.29, 0.717) is 11.8 Å². The summed E-state index contributed by atoms with van der Waals surface area (Å²) in [7, 11) is -1.47. The molecule has 1 aromatic heterocycles. The molecule has 0 bridgehead atoms. The van der Waals surface area contributed by atoms with Crippen molar-refractivity contribution >= 4 is 59.0 Å². The second kappa shape index (κ2) is 14.9. The minimum atomic E-state index is -0.736. The lowest BCUT2D eigenvalue weighted by atomic mass is 9.87. The average molecular weight is 673 g/mol. The fourth-order valence-electron chi connectivity index (χ4n) is 7.75. The zero-order chi connectivity index (χ0) is 32.3. The molecule has 0 amide bonds. The molecule has 0 unspecified atom stereocenters. The van der Waals surface area contributed by atoms with Gasteiger partial charge in [0, 0.05) is 20.4 Å². The predicted octanol–water partition coefficient (Wildman–Crippen LogP) is 10.6. The van der Waals surface area contributed by atoms with E-state index in [1.165, 1.54) is 108 Å². The fraction of sp³-hybridized carbons (Fsp3) is 0.364. The van der Waals surface area contributed by atoms with E-state index >= 15 is 0 Å². The standard InChI is InChI=1S/C44H50P2S/c1-31-15-23-37(24-16-31)45(38-25-17-32(2)18-26-38)41-42(46(39-27-19-33(3)20-28-39)40-29-21-34(4)22-30-40)44(36-13-9-6-10-14-36)47-43(41)35-11-7-5-8-12-35/h15-30,35-36H,5-14H2,1-4H3. The van der Waals surface area contributed by atoms with Crippen LogP contribution in [0.15, 0.2) is 97.1 Å². The highest BCUT2D eigenvalue weighted by molar-refractivity contribution is 7.86. The molecule has 3 heteroatoms. The molecular formula is C44H50P2S. The fourth-order valence-corrected chi connectivity index (χ4v) is 15.7. The Morgan fingerprint density at radius 1 is 0.383 bits per heavy atom. The molecule has 0 nitrogen and oxygen atoms in total. The van der Waals surface area contributed by atoms with Crippen molar-refractivity contribution in [1.82, 2.24) is 0 Å². The second-order valence-electron chi connectivity index (χ2n) is 14.2. The molecule has 1 heterocycles. The molecule has 0 N–H and O–H groups in total. The lowest BCUT2D eigenvalue weighted by Crippen LogP contribution is -2.36. The van der Waals surface area contributed by atoms with E-state index in [-0.39, 0.29) is 0 Å². The van der Waals surface area contributed by atoms with Gasteiger partial charge in [-0.3, -0.25) is 0 Å². The minimum absolute atomic E-state index is 0.675. The van der Waals surface area contributed by atoms with Gasteiger partial charge >= 0.3 is 0 Å². The van der Waals surface area contributed by atoms with Gasteiger partial charge in [-0.2, -0.15) is 0 Å². The van der Waals surface area contributed by atoms with Gasteiger partial charge in [0.15, 0.2) is 0 Å². The zero-order valence-corrected chi connectivity index (χ0v) is 31.4. The first-order valence-electron chi connectivity index (χ1n) is 18.0. The molecule has 2 aliphatic carbocycles. The maximum Gasteiger partial charge on any atom is 0.0170 e. The van der Waals surface area contributed by atoms with Gasteiger partial charge in [-0.05, 0) is 102 Å². The first-order chi connectivity index (χ1) is 23.0. The zero-order valence-electron chi connectivity index (χ0n) is 28.8. The quantitative estimate of drug-likeness (QED) is 0.144. The van der Waals surface area contributed by atoms with E-state index in [4.69, 9.17) is 0 Å². The van der Waals surface area contributed by atoms with Crippen molar-refractivity contribution in [2.45, 2.75) is 104 Å². The summed E-state index contributed by atoms with van der Waals surface area (Å²) in [5.74, 6) is 1.35. The van der Waals surface area contributed by atoms with Gasteiger partial charge in [0.25, 0.3) is 0 Å². The molecule has 0 atom stereocenters. The van der Waals surface area contributed by atoms with Gasteiger partial charge in [0.05, 0.1) is 0 Å². The van der Waals surface area contributed by atoms with Gasteiger partial charge in [0.1, 0.15) is 0 Å². The summed E-state index contributed by atoms with van der Waals surface area (Å²) < 4.78 is 0. The minimum Gasteiger partial charge on any atom is -0.143 e. The van der Waals surface area contributed by atoms with Crippen LogP contribution in [0.5, 0.6) is 0 Å². The highest BCUT2D eigenvalue weighted by Crippen LogP contribution is 2.50. The first kappa shape index (κ1) is 33.0. The Hall–Kier alpha value is -2.56. The molecule has 0 radical (unpaired) electrons. The van der Waals surface area contributed by atoms with Crippen LogP contribution in [0, 0.1) is 27.7 Å². The molecule has 4 aromatic carbocycles. The van der Waals surface area contributed by atoms with Crippen molar-refractivity contribution < 1.29 is 0 Å². The van der Waals surface area contributed by atoms with Crippen LogP contribution in [-0.4, -0.2) is 0 Å². The number of hydrogen-bond donors (Lipinski definition) is 0. The Labute approximate surface area is 290 Å². The molecule has 2 fully saturated rings. The molecule has 2 saturated carbocycles. The molecule has 242 valence electrons. The highest BCUT2D eigenvalue weighted by atomic mass is 32.1. The molecule has 5 aromatic rings. The highest BCUT2D eigenvalue weighted by Gasteiger charge is 2.37. The summed E-state index contributed by atoms with van der Waals surface area (Å²) in [5.41, 5.74) is 5.37. The van der Waals surface area contributed by atoms with Crippen LogP contribution in [0.3, 0.4) is 0 Å². The smallest absolute Gasteiger partial charge is 0.0170 e. The van der Waals surface area contributed by atoms with E-state index in [2.05, 4.69) is 136 Å². The van der Waals surface area contributed by atoms with Gasteiger partial charge in [-0.25, -0.2) is 0 Å². The molecule has 2 aliphatic rings.